The van der Waals surface area contributed by atoms with Gasteiger partial charge in [0.25, 0.3) is 5.56 Å². The van der Waals surface area contributed by atoms with E-state index < -0.39 is 0 Å². The van der Waals surface area contributed by atoms with Gasteiger partial charge in [0.2, 0.25) is 0 Å². The number of nitrogens with zero attached hydrogens (tertiary/aromatic N) is 2. The quantitative estimate of drug-likeness (QED) is 0.515. The molecule has 0 amide bonds. The third-order valence-electron chi connectivity index (χ3n) is 4.85. The van der Waals surface area contributed by atoms with Crippen molar-refractivity contribution in [3.8, 4) is 0 Å². The molecule has 2 heterocycles. The number of nitrogens with one attached hydrogen (secondary N) is 2. The van der Waals surface area contributed by atoms with Crippen LogP contribution in [0.1, 0.15) is 30.7 Å². The maximum atomic E-state index is 12.4. The lowest BCUT2D eigenvalue weighted by molar-refractivity contribution is 0.419. The number of hydrogen-bond acceptors (Lipinski definition) is 4. The van der Waals surface area contributed by atoms with Crippen molar-refractivity contribution in [1.29, 1.82) is 0 Å². The number of benzene rings is 1. The van der Waals surface area contributed by atoms with Crippen LogP contribution < -0.4 is 10.9 Å². The van der Waals surface area contributed by atoms with Crippen LogP contribution in [0.3, 0.4) is 0 Å². The van der Waals surface area contributed by atoms with Crippen LogP contribution in [0.2, 0.25) is 5.15 Å². The van der Waals surface area contributed by atoms with Gasteiger partial charge < -0.3 is 5.32 Å². The number of anilines is 2. The average Bonchev–Trinajstić information content (AvgIpc) is 2.81. The SMILES string of the molecule is CSc1cc(C2CCC2)ccc1Nc1cc(Cl)nc2[nH]n(C)c(=O)c12. The molecule has 3 aromatic rings. The Labute approximate surface area is 154 Å². The van der Waals surface area contributed by atoms with Crippen LogP contribution in [0.25, 0.3) is 11.0 Å². The lowest BCUT2D eigenvalue weighted by atomic mass is 9.80. The maximum absolute atomic E-state index is 12.4. The minimum Gasteiger partial charge on any atom is -0.354 e. The summed E-state index contributed by atoms with van der Waals surface area (Å²) >= 11 is 7.83. The smallest absolute Gasteiger partial charge is 0.277 e. The van der Waals surface area contributed by atoms with Gasteiger partial charge in [-0.2, -0.15) is 0 Å². The first-order valence-corrected chi connectivity index (χ1v) is 9.87. The number of hydrogen-bond donors (Lipinski definition) is 2. The summed E-state index contributed by atoms with van der Waals surface area (Å²) in [5.74, 6) is 0.694. The van der Waals surface area contributed by atoms with Crippen molar-refractivity contribution in [3.05, 3.63) is 45.3 Å². The molecule has 7 heteroatoms. The van der Waals surface area contributed by atoms with E-state index in [1.165, 1.54) is 29.5 Å². The predicted octanol–water partition coefficient (Wildman–Crippen LogP) is 4.65. The molecule has 0 saturated heterocycles. The molecule has 5 nitrogen and oxygen atoms in total. The molecule has 0 bridgehead atoms. The summed E-state index contributed by atoms with van der Waals surface area (Å²) in [4.78, 5) is 17.8. The molecular weight excluding hydrogens is 356 g/mol. The van der Waals surface area contributed by atoms with Crippen molar-refractivity contribution < 1.29 is 0 Å². The van der Waals surface area contributed by atoms with E-state index in [2.05, 4.69) is 39.9 Å². The van der Waals surface area contributed by atoms with Gasteiger partial charge in [0.15, 0.2) is 5.65 Å². The molecule has 1 aromatic carbocycles. The van der Waals surface area contributed by atoms with Crippen molar-refractivity contribution in [1.82, 2.24) is 14.8 Å². The Bertz CT molecular complexity index is 1010. The van der Waals surface area contributed by atoms with E-state index in [-0.39, 0.29) is 5.56 Å². The fourth-order valence-corrected chi connectivity index (χ4v) is 4.03. The maximum Gasteiger partial charge on any atom is 0.277 e. The van der Waals surface area contributed by atoms with Gasteiger partial charge in [0, 0.05) is 11.9 Å². The normalized spacial score (nSPS) is 14.7. The molecule has 0 radical (unpaired) electrons. The zero-order valence-corrected chi connectivity index (χ0v) is 15.7. The van der Waals surface area contributed by atoms with Gasteiger partial charge in [-0.05, 0) is 48.8 Å². The zero-order chi connectivity index (χ0) is 17.6. The van der Waals surface area contributed by atoms with Crippen molar-refractivity contribution in [3.63, 3.8) is 0 Å². The molecule has 1 aliphatic rings. The van der Waals surface area contributed by atoms with Crippen molar-refractivity contribution in [2.45, 2.75) is 30.1 Å². The predicted molar refractivity (Wildman–Crippen MR) is 104 cm³/mol. The highest BCUT2D eigenvalue weighted by molar-refractivity contribution is 7.98. The molecule has 0 aliphatic heterocycles. The molecule has 0 spiro atoms. The van der Waals surface area contributed by atoms with Crippen LogP contribution >= 0.6 is 23.4 Å². The average molecular weight is 375 g/mol. The summed E-state index contributed by atoms with van der Waals surface area (Å²) in [6, 6.07) is 8.23. The van der Waals surface area contributed by atoms with Crippen LogP contribution in [0.5, 0.6) is 0 Å². The number of aromatic amines is 1. The number of thioether (sulfide) groups is 1. The molecule has 4 rings (SSSR count). The summed E-state index contributed by atoms with van der Waals surface area (Å²) in [5, 5.41) is 7.17. The van der Waals surface area contributed by atoms with Gasteiger partial charge in [-0.25, -0.2) is 4.98 Å². The van der Waals surface area contributed by atoms with Gasteiger partial charge in [-0.15, -0.1) is 11.8 Å². The Morgan fingerprint density at radius 3 is 2.80 bits per heavy atom. The van der Waals surface area contributed by atoms with Gasteiger partial charge in [-0.3, -0.25) is 14.6 Å². The fourth-order valence-electron chi connectivity index (χ4n) is 3.24. The fraction of sp³-hybridized carbons (Fsp3) is 0.333. The van der Waals surface area contributed by atoms with E-state index in [1.807, 2.05) is 0 Å². The second-order valence-electron chi connectivity index (χ2n) is 6.40. The van der Waals surface area contributed by atoms with Crippen LogP contribution in [0.4, 0.5) is 11.4 Å². The minimum absolute atomic E-state index is 0.126. The van der Waals surface area contributed by atoms with Crippen molar-refractivity contribution in [2.75, 3.05) is 11.6 Å². The minimum atomic E-state index is -0.126. The molecule has 2 aromatic heterocycles. The van der Waals surface area contributed by atoms with E-state index in [0.29, 0.717) is 27.8 Å². The lowest BCUT2D eigenvalue weighted by Gasteiger charge is -2.26. The first-order chi connectivity index (χ1) is 12.1. The Hall–Kier alpha value is -1.92. The Morgan fingerprint density at radius 1 is 1.32 bits per heavy atom. The third kappa shape index (κ3) is 2.93. The first-order valence-electron chi connectivity index (χ1n) is 8.27. The largest absolute Gasteiger partial charge is 0.354 e. The van der Waals surface area contributed by atoms with Gasteiger partial charge in [-0.1, -0.05) is 24.1 Å². The third-order valence-corrected chi connectivity index (χ3v) is 5.82. The zero-order valence-electron chi connectivity index (χ0n) is 14.1. The Morgan fingerprint density at radius 2 is 2.12 bits per heavy atom. The van der Waals surface area contributed by atoms with E-state index >= 15 is 0 Å². The highest BCUT2D eigenvalue weighted by atomic mass is 35.5. The van der Waals surface area contributed by atoms with Crippen LogP contribution in [-0.4, -0.2) is 21.0 Å². The van der Waals surface area contributed by atoms with Crippen molar-refractivity contribution in [2.24, 2.45) is 7.05 Å². The summed E-state index contributed by atoms with van der Waals surface area (Å²) in [7, 11) is 1.67. The molecular formula is C18H19ClN4OS. The van der Waals surface area contributed by atoms with Crippen LogP contribution in [0.15, 0.2) is 34.0 Å². The molecule has 0 atom stereocenters. The van der Waals surface area contributed by atoms with Gasteiger partial charge >= 0.3 is 0 Å². The summed E-state index contributed by atoms with van der Waals surface area (Å²) in [6.45, 7) is 0. The number of pyridine rings is 1. The molecule has 130 valence electrons. The second-order valence-corrected chi connectivity index (χ2v) is 7.64. The summed E-state index contributed by atoms with van der Waals surface area (Å²) < 4.78 is 1.41. The van der Waals surface area contributed by atoms with Gasteiger partial charge in [0.1, 0.15) is 10.5 Å². The lowest BCUT2D eigenvalue weighted by Crippen LogP contribution is -2.12. The summed E-state index contributed by atoms with van der Waals surface area (Å²) in [5.41, 5.74) is 3.40. The molecule has 25 heavy (non-hydrogen) atoms. The Kier molecular flexibility index (Phi) is 4.25. The van der Waals surface area contributed by atoms with Gasteiger partial charge in [0.05, 0.1) is 11.4 Å². The number of rotatable bonds is 4. The van der Waals surface area contributed by atoms with E-state index in [4.69, 9.17) is 11.6 Å². The molecule has 1 saturated carbocycles. The molecule has 1 fully saturated rings. The molecule has 0 unspecified atom stereocenters. The van der Waals surface area contributed by atoms with Crippen LogP contribution in [0, 0.1) is 0 Å². The Balaban J connectivity index is 1.77. The second kappa shape index (κ2) is 6.42. The summed E-state index contributed by atoms with van der Waals surface area (Å²) in [6.07, 6.45) is 5.94. The van der Waals surface area contributed by atoms with E-state index in [1.54, 1.807) is 24.9 Å². The van der Waals surface area contributed by atoms with Crippen LogP contribution in [-0.2, 0) is 7.05 Å². The number of halogens is 1. The van der Waals surface area contributed by atoms with E-state index in [9.17, 15) is 4.79 Å². The first kappa shape index (κ1) is 16.5. The van der Waals surface area contributed by atoms with Crippen molar-refractivity contribution >= 4 is 45.8 Å². The van der Waals surface area contributed by atoms with E-state index in [0.717, 1.165) is 10.6 Å². The monoisotopic (exact) mass is 374 g/mol. The molecule has 2 N–H and O–H groups in total. The number of H-pyrrole nitrogens is 1. The number of fused-ring (bicyclic) bond motifs is 1. The highest BCUT2D eigenvalue weighted by Gasteiger charge is 2.20. The number of aromatic nitrogens is 3. The molecule has 1 aliphatic carbocycles. The standard InChI is InChI=1S/C18H19ClN4OS/c1-23-18(24)16-13(9-15(19)21-17(16)22-23)20-12-7-6-11(8-14(12)25-2)10-4-3-5-10/h6-10H,3-5H2,1-2H3,(H2,20,21,22). The topological polar surface area (TPSA) is 62.7 Å². The highest BCUT2D eigenvalue weighted by Crippen LogP contribution is 2.40. The number of aryl methyl sites for hydroxylation is 1.